The van der Waals surface area contributed by atoms with Crippen LogP contribution in [0, 0.1) is 0 Å². The monoisotopic (exact) mass is 537 g/mol. The molecular weight excluding hydrogens is 522 g/mol. The quantitative estimate of drug-likeness (QED) is 0.409. The lowest BCUT2D eigenvalue weighted by Gasteiger charge is -2.28. The topological polar surface area (TPSA) is 53.0 Å². The fraction of sp³-hybridized carbons (Fsp3) is 0.125. The van der Waals surface area contributed by atoms with E-state index in [1.54, 1.807) is 12.1 Å². The van der Waals surface area contributed by atoms with E-state index in [0.717, 1.165) is 32.2 Å². The molecule has 2 heterocycles. The largest absolute Gasteiger partial charge is 0.301 e. The number of halogens is 2. The number of carbonyl (C=O) groups excluding carboxylic acids is 2. The molecule has 0 fully saturated rings. The van der Waals surface area contributed by atoms with Crippen molar-refractivity contribution < 1.29 is 9.59 Å². The molecule has 0 unspecified atom stereocenters. The van der Waals surface area contributed by atoms with Crippen LogP contribution in [-0.2, 0) is 4.79 Å². The Kier molecular flexibility index (Phi) is 5.24. The van der Waals surface area contributed by atoms with E-state index in [-0.39, 0.29) is 12.7 Å². The second-order valence-corrected chi connectivity index (χ2v) is 9.32. The van der Waals surface area contributed by atoms with E-state index >= 15 is 0 Å². The summed E-state index contributed by atoms with van der Waals surface area (Å²) in [6, 6.07) is 23.5. The number of hydrogen-bond acceptors (Lipinski definition) is 4. The van der Waals surface area contributed by atoms with Gasteiger partial charge in [-0.3, -0.25) is 19.5 Å². The van der Waals surface area contributed by atoms with Crippen molar-refractivity contribution in [3.8, 4) is 0 Å². The van der Waals surface area contributed by atoms with Crippen molar-refractivity contribution in [2.24, 2.45) is 5.10 Å². The summed E-state index contributed by atoms with van der Waals surface area (Å²) in [5.74, 6) is -1.00. The summed E-state index contributed by atoms with van der Waals surface area (Å²) in [5, 5.41) is 6.79. The van der Waals surface area contributed by atoms with Crippen molar-refractivity contribution >= 4 is 54.9 Å². The first-order chi connectivity index (χ1) is 15.0. The fourth-order valence-corrected chi connectivity index (χ4v) is 4.65. The van der Waals surface area contributed by atoms with Crippen LogP contribution >= 0.6 is 31.9 Å². The first-order valence-corrected chi connectivity index (χ1v) is 11.4. The fourth-order valence-electron chi connectivity index (χ4n) is 4.03. The Labute approximate surface area is 196 Å². The standard InChI is InChI=1S/C24H17Br2N3O2/c25-17-8-6-15(7-9-17)20-13-22(16-4-2-1-3-5-16)29(27-20)14-28-21-11-10-18(26)12-19(21)23(30)24(28)31/h1-12,22H,13-14H2/t22-/m1/s1. The molecule has 1 atom stereocenters. The summed E-state index contributed by atoms with van der Waals surface area (Å²) in [7, 11) is 0. The second kappa shape index (κ2) is 8.05. The van der Waals surface area contributed by atoms with E-state index in [1.165, 1.54) is 4.90 Å². The second-order valence-electron chi connectivity index (χ2n) is 7.49. The summed E-state index contributed by atoms with van der Waals surface area (Å²) in [4.78, 5) is 26.8. The molecule has 3 aromatic carbocycles. The predicted octanol–water partition coefficient (Wildman–Crippen LogP) is 5.55. The van der Waals surface area contributed by atoms with Gasteiger partial charge in [0.05, 0.1) is 23.0 Å². The number of anilines is 1. The molecule has 154 valence electrons. The van der Waals surface area contributed by atoms with Gasteiger partial charge in [-0.15, -0.1) is 0 Å². The number of benzene rings is 3. The molecule has 1 amide bonds. The number of amides is 1. The Balaban J connectivity index is 1.51. The van der Waals surface area contributed by atoms with Crippen LogP contribution in [0.1, 0.15) is 33.9 Å². The van der Waals surface area contributed by atoms with Crippen LogP contribution in [0.25, 0.3) is 0 Å². The molecule has 5 nitrogen and oxygen atoms in total. The van der Waals surface area contributed by atoms with Crippen LogP contribution in [0.3, 0.4) is 0 Å². The molecule has 0 spiro atoms. The van der Waals surface area contributed by atoms with Crippen LogP contribution < -0.4 is 4.90 Å². The average Bonchev–Trinajstić information content (AvgIpc) is 3.30. The van der Waals surface area contributed by atoms with Crippen molar-refractivity contribution in [2.75, 3.05) is 11.6 Å². The lowest BCUT2D eigenvalue weighted by molar-refractivity contribution is -0.114. The Bertz CT molecular complexity index is 1210. The highest BCUT2D eigenvalue weighted by Gasteiger charge is 2.39. The number of ketones is 1. The highest BCUT2D eigenvalue weighted by atomic mass is 79.9. The molecule has 0 aliphatic carbocycles. The SMILES string of the molecule is O=C1C(=O)N(CN2N=C(c3ccc(Br)cc3)C[C@@H]2c2ccccc2)c2ccc(Br)cc21. The van der Waals surface area contributed by atoms with E-state index in [0.29, 0.717) is 11.3 Å². The maximum atomic E-state index is 12.8. The number of rotatable bonds is 4. The molecule has 31 heavy (non-hydrogen) atoms. The zero-order valence-electron chi connectivity index (χ0n) is 16.3. The highest BCUT2D eigenvalue weighted by Crippen LogP contribution is 2.36. The van der Waals surface area contributed by atoms with Gasteiger partial charge in [0, 0.05) is 15.4 Å². The first-order valence-electron chi connectivity index (χ1n) is 9.82. The number of fused-ring (bicyclic) bond motifs is 1. The molecule has 3 aromatic rings. The van der Waals surface area contributed by atoms with Gasteiger partial charge in [0.2, 0.25) is 0 Å². The predicted molar refractivity (Wildman–Crippen MR) is 127 cm³/mol. The van der Waals surface area contributed by atoms with E-state index in [4.69, 9.17) is 5.10 Å². The normalized spacial score (nSPS) is 17.9. The van der Waals surface area contributed by atoms with E-state index in [1.807, 2.05) is 53.5 Å². The van der Waals surface area contributed by atoms with E-state index < -0.39 is 11.7 Å². The number of Topliss-reactive ketones (excluding diaryl/α,β-unsaturated/α-hetero) is 1. The smallest absolute Gasteiger partial charge is 0.285 e. The molecule has 0 saturated carbocycles. The van der Waals surface area contributed by atoms with E-state index in [2.05, 4.69) is 44.0 Å². The third kappa shape index (κ3) is 3.72. The lowest BCUT2D eigenvalue weighted by atomic mass is 9.99. The molecular formula is C24H17Br2N3O2. The molecule has 0 bridgehead atoms. The number of carbonyl (C=O) groups is 2. The van der Waals surface area contributed by atoms with Gasteiger partial charge in [-0.05, 0) is 41.5 Å². The van der Waals surface area contributed by atoms with Gasteiger partial charge in [0.25, 0.3) is 5.78 Å². The minimum Gasteiger partial charge on any atom is -0.285 e. The Morgan fingerprint density at radius 1 is 0.903 bits per heavy atom. The van der Waals surface area contributed by atoms with Gasteiger partial charge in [-0.1, -0.05) is 74.3 Å². The highest BCUT2D eigenvalue weighted by molar-refractivity contribution is 9.10. The van der Waals surface area contributed by atoms with Crippen molar-refractivity contribution in [3.63, 3.8) is 0 Å². The van der Waals surface area contributed by atoms with Crippen LogP contribution in [0.5, 0.6) is 0 Å². The zero-order chi connectivity index (χ0) is 21.5. The molecule has 0 saturated heterocycles. The van der Waals surface area contributed by atoms with Crippen LogP contribution in [0.2, 0.25) is 0 Å². The zero-order valence-corrected chi connectivity index (χ0v) is 19.5. The van der Waals surface area contributed by atoms with Gasteiger partial charge < -0.3 is 0 Å². The third-order valence-corrected chi connectivity index (χ3v) is 6.60. The molecule has 7 heteroatoms. The summed E-state index contributed by atoms with van der Waals surface area (Å²) >= 11 is 6.86. The Morgan fingerprint density at radius 2 is 1.61 bits per heavy atom. The molecule has 0 aromatic heterocycles. The first kappa shape index (κ1) is 20.2. The maximum absolute atomic E-state index is 12.8. The summed E-state index contributed by atoms with van der Waals surface area (Å²) in [6.07, 6.45) is 0.717. The van der Waals surface area contributed by atoms with E-state index in [9.17, 15) is 9.59 Å². The van der Waals surface area contributed by atoms with Gasteiger partial charge in [0.1, 0.15) is 6.67 Å². The molecule has 2 aliphatic heterocycles. The van der Waals surface area contributed by atoms with Crippen LogP contribution in [0.4, 0.5) is 5.69 Å². The molecule has 0 radical (unpaired) electrons. The van der Waals surface area contributed by atoms with Crippen molar-refractivity contribution in [3.05, 3.63) is 98.4 Å². The minimum atomic E-state index is -0.521. The lowest BCUT2D eigenvalue weighted by Crippen LogP contribution is -2.39. The summed E-state index contributed by atoms with van der Waals surface area (Å²) in [5.41, 5.74) is 4.16. The van der Waals surface area contributed by atoms with Crippen LogP contribution in [-0.4, -0.2) is 29.1 Å². The Hall–Kier alpha value is -2.77. The summed E-state index contributed by atoms with van der Waals surface area (Å²) < 4.78 is 1.78. The Morgan fingerprint density at radius 3 is 2.35 bits per heavy atom. The summed E-state index contributed by atoms with van der Waals surface area (Å²) in [6.45, 7) is 0.207. The van der Waals surface area contributed by atoms with Crippen molar-refractivity contribution in [2.45, 2.75) is 12.5 Å². The third-order valence-electron chi connectivity index (χ3n) is 5.58. The number of hydrazone groups is 1. The van der Waals surface area contributed by atoms with Crippen molar-refractivity contribution in [1.29, 1.82) is 0 Å². The average molecular weight is 539 g/mol. The molecule has 0 N–H and O–H groups in total. The number of nitrogens with zero attached hydrogens (tertiary/aromatic N) is 3. The van der Waals surface area contributed by atoms with Crippen molar-refractivity contribution in [1.82, 2.24) is 5.01 Å². The maximum Gasteiger partial charge on any atom is 0.301 e. The van der Waals surface area contributed by atoms with Gasteiger partial charge in [-0.25, -0.2) is 0 Å². The van der Waals surface area contributed by atoms with Gasteiger partial charge >= 0.3 is 5.91 Å². The van der Waals surface area contributed by atoms with Gasteiger partial charge in [0.15, 0.2) is 0 Å². The molecule has 2 aliphatic rings. The minimum absolute atomic E-state index is 0.0257. The van der Waals surface area contributed by atoms with Crippen LogP contribution in [0.15, 0.2) is 86.8 Å². The van der Waals surface area contributed by atoms with Gasteiger partial charge in [-0.2, -0.15) is 5.10 Å². The molecule has 5 rings (SSSR count). The number of hydrogen-bond donors (Lipinski definition) is 0.